The van der Waals surface area contributed by atoms with Gasteiger partial charge in [-0.1, -0.05) is 42.5 Å². The average molecular weight is 423 g/mol. The van der Waals surface area contributed by atoms with Crippen molar-refractivity contribution in [3.63, 3.8) is 0 Å². The van der Waals surface area contributed by atoms with Crippen LogP contribution in [-0.2, 0) is 4.79 Å². The highest BCUT2D eigenvalue weighted by Crippen LogP contribution is 2.48. The molecule has 156 valence electrons. The zero-order chi connectivity index (χ0) is 21.3. The monoisotopic (exact) mass is 422 g/mol. The molecule has 1 N–H and O–H groups in total. The summed E-state index contributed by atoms with van der Waals surface area (Å²) in [6.07, 6.45) is -1.14. The van der Waals surface area contributed by atoms with Crippen molar-refractivity contribution >= 4 is 34.1 Å². The Bertz CT molecular complexity index is 1050. The van der Waals surface area contributed by atoms with Crippen molar-refractivity contribution in [3.05, 3.63) is 66.2 Å². The van der Waals surface area contributed by atoms with E-state index in [1.54, 1.807) is 23.8 Å². The Kier molecular flexibility index (Phi) is 5.99. The molecule has 3 aromatic rings. The first kappa shape index (κ1) is 20.7. The molecule has 30 heavy (non-hydrogen) atoms. The van der Waals surface area contributed by atoms with E-state index in [0.717, 1.165) is 32.7 Å². The van der Waals surface area contributed by atoms with E-state index >= 15 is 0 Å². The van der Waals surface area contributed by atoms with Crippen molar-refractivity contribution in [2.75, 3.05) is 39.2 Å². The molecule has 0 spiro atoms. The maximum Gasteiger partial charge on any atom is 0.257 e. The number of likely N-dealkylation sites (N-methyl/N-ethyl adjacent to an activating group) is 1. The fraction of sp³-hybridized carbons (Fsp3) is 0.292. The second-order valence-corrected chi connectivity index (χ2v) is 8.84. The lowest BCUT2D eigenvalue weighted by atomic mass is 10.1. The Morgan fingerprint density at radius 3 is 2.50 bits per heavy atom. The van der Waals surface area contributed by atoms with Crippen LogP contribution in [0.4, 0.5) is 5.69 Å². The van der Waals surface area contributed by atoms with Crippen molar-refractivity contribution in [2.45, 2.75) is 16.2 Å². The molecule has 1 amide bonds. The third kappa shape index (κ3) is 3.90. The van der Waals surface area contributed by atoms with Crippen molar-refractivity contribution < 1.29 is 14.6 Å². The van der Waals surface area contributed by atoms with E-state index in [4.69, 9.17) is 4.74 Å². The summed E-state index contributed by atoms with van der Waals surface area (Å²) in [6.45, 7) is 1.23. The van der Waals surface area contributed by atoms with Gasteiger partial charge < -0.3 is 19.6 Å². The molecule has 2 atom stereocenters. The molecule has 5 nitrogen and oxygen atoms in total. The third-order valence-corrected chi connectivity index (χ3v) is 6.86. The smallest absolute Gasteiger partial charge is 0.257 e. The molecule has 0 fully saturated rings. The van der Waals surface area contributed by atoms with Crippen molar-refractivity contribution in [2.24, 2.45) is 0 Å². The zero-order valence-electron chi connectivity index (χ0n) is 17.4. The van der Waals surface area contributed by atoms with Gasteiger partial charge in [0.25, 0.3) is 5.91 Å². The summed E-state index contributed by atoms with van der Waals surface area (Å²) in [7, 11) is 5.59. The van der Waals surface area contributed by atoms with Crippen LogP contribution in [0.15, 0.2) is 65.6 Å². The summed E-state index contributed by atoms with van der Waals surface area (Å²) in [4.78, 5) is 18.2. The summed E-state index contributed by atoms with van der Waals surface area (Å²) in [5.74, 6) is 0.482. The Morgan fingerprint density at radius 1 is 1.07 bits per heavy atom. The van der Waals surface area contributed by atoms with Crippen LogP contribution >= 0.6 is 11.8 Å². The van der Waals surface area contributed by atoms with Crippen LogP contribution in [0, 0.1) is 0 Å². The SMILES string of the molecule is COc1ccc([C@@H]2Sc3c(ccc4ccccc34)N(CCN(C)C)C(=O)[C@H]2O)cc1. The molecule has 1 aliphatic heterocycles. The fourth-order valence-corrected chi connectivity index (χ4v) is 5.15. The van der Waals surface area contributed by atoms with Gasteiger partial charge in [-0.05, 0) is 48.6 Å². The van der Waals surface area contributed by atoms with E-state index in [1.807, 2.05) is 67.5 Å². The first-order valence-corrected chi connectivity index (χ1v) is 10.8. The third-order valence-electron chi connectivity index (χ3n) is 5.42. The quantitative estimate of drug-likeness (QED) is 0.675. The highest BCUT2D eigenvalue weighted by atomic mass is 32.2. The molecule has 0 unspecified atom stereocenters. The number of carbonyl (C=O) groups is 1. The number of amides is 1. The van der Waals surface area contributed by atoms with Gasteiger partial charge in [0, 0.05) is 18.0 Å². The minimum Gasteiger partial charge on any atom is -0.497 e. The van der Waals surface area contributed by atoms with Gasteiger partial charge >= 0.3 is 0 Å². The number of anilines is 1. The van der Waals surface area contributed by atoms with Crippen molar-refractivity contribution in [1.82, 2.24) is 4.90 Å². The number of thioether (sulfide) groups is 1. The molecule has 0 radical (unpaired) electrons. The highest BCUT2D eigenvalue weighted by Gasteiger charge is 2.37. The predicted molar refractivity (Wildman–Crippen MR) is 122 cm³/mol. The van der Waals surface area contributed by atoms with Crippen molar-refractivity contribution in [1.29, 1.82) is 0 Å². The van der Waals surface area contributed by atoms with Crippen LogP contribution in [-0.4, -0.2) is 56.3 Å². The van der Waals surface area contributed by atoms with E-state index in [-0.39, 0.29) is 5.91 Å². The molecular formula is C24H26N2O3S. The predicted octanol–water partition coefficient (Wildman–Crippen LogP) is 3.95. The number of benzene rings is 3. The topological polar surface area (TPSA) is 53.0 Å². The summed E-state index contributed by atoms with van der Waals surface area (Å²) in [5.41, 5.74) is 1.76. The molecule has 6 heteroatoms. The highest BCUT2D eigenvalue weighted by molar-refractivity contribution is 8.00. The molecule has 0 aliphatic carbocycles. The summed E-state index contributed by atoms with van der Waals surface area (Å²) >= 11 is 1.56. The lowest BCUT2D eigenvalue weighted by molar-refractivity contribution is -0.126. The van der Waals surface area contributed by atoms with Gasteiger partial charge in [-0.25, -0.2) is 0 Å². The van der Waals surface area contributed by atoms with Gasteiger partial charge in [0.15, 0.2) is 0 Å². The van der Waals surface area contributed by atoms with Gasteiger partial charge in [-0.15, -0.1) is 11.8 Å². The first-order chi connectivity index (χ1) is 14.5. The molecule has 3 aromatic carbocycles. The molecule has 0 bridgehead atoms. The minimum atomic E-state index is -1.14. The van der Waals surface area contributed by atoms with Crippen LogP contribution in [0.3, 0.4) is 0 Å². The molecule has 1 aliphatic rings. The standard InChI is InChI=1S/C24H26N2O3S/c1-25(2)14-15-26-20-13-10-16-6-4-5-7-19(16)23(20)30-22(21(27)24(26)28)17-8-11-18(29-3)12-9-17/h4-13,21-22,27H,14-15H2,1-3H3/t21-,22-/m0/s1. The Labute approximate surface area is 181 Å². The zero-order valence-corrected chi connectivity index (χ0v) is 18.2. The molecule has 0 aromatic heterocycles. The molecule has 4 rings (SSSR count). The molecule has 1 heterocycles. The van der Waals surface area contributed by atoms with Crippen LogP contribution < -0.4 is 9.64 Å². The van der Waals surface area contributed by atoms with Gasteiger partial charge in [0.2, 0.25) is 0 Å². The van der Waals surface area contributed by atoms with E-state index in [1.165, 1.54) is 0 Å². The van der Waals surface area contributed by atoms with E-state index in [9.17, 15) is 9.90 Å². The minimum absolute atomic E-state index is 0.265. The molecular weight excluding hydrogens is 396 g/mol. The summed E-state index contributed by atoms with van der Waals surface area (Å²) < 4.78 is 5.27. The van der Waals surface area contributed by atoms with E-state index in [0.29, 0.717) is 13.1 Å². The van der Waals surface area contributed by atoms with Crippen LogP contribution in [0.25, 0.3) is 10.8 Å². The van der Waals surface area contributed by atoms with E-state index < -0.39 is 11.4 Å². The van der Waals surface area contributed by atoms with E-state index in [2.05, 4.69) is 12.1 Å². The van der Waals surface area contributed by atoms with Crippen LogP contribution in [0.2, 0.25) is 0 Å². The number of ether oxygens (including phenoxy) is 1. The first-order valence-electron chi connectivity index (χ1n) is 9.96. The van der Waals surface area contributed by atoms with Crippen molar-refractivity contribution in [3.8, 4) is 5.75 Å². The second kappa shape index (κ2) is 8.68. The maximum atomic E-state index is 13.4. The van der Waals surface area contributed by atoms with Gasteiger partial charge in [0.1, 0.15) is 11.9 Å². The van der Waals surface area contributed by atoms with Gasteiger partial charge in [-0.2, -0.15) is 0 Å². The Hall–Kier alpha value is -2.54. The Balaban J connectivity index is 1.84. The fourth-order valence-electron chi connectivity index (χ4n) is 3.74. The maximum absolute atomic E-state index is 13.4. The normalized spacial score (nSPS) is 19.1. The number of rotatable bonds is 5. The number of nitrogens with zero attached hydrogens (tertiary/aromatic N) is 2. The summed E-state index contributed by atoms with van der Waals surface area (Å²) in [6, 6.07) is 19.8. The largest absolute Gasteiger partial charge is 0.497 e. The lowest BCUT2D eigenvalue weighted by Gasteiger charge is -2.26. The van der Waals surface area contributed by atoms with Crippen LogP contribution in [0.5, 0.6) is 5.75 Å². The molecule has 0 saturated heterocycles. The number of hydrogen-bond acceptors (Lipinski definition) is 5. The number of aliphatic hydroxyl groups is 1. The van der Waals surface area contributed by atoms with Gasteiger partial charge in [0.05, 0.1) is 18.0 Å². The number of fused-ring (bicyclic) bond motifs is 3. The van der Waals surface area contributed by atoms with Gasteiger partial charge in [-0.3, -0.25) is 4.79 Å². The number of hydrogen-bond donors (Lipinski definition) is 1. The lowest BCUT2D eigenvalue weighted by Crippen LogP contribution is -2.43. The summed E-state index contributed by atoms with van der Waals surface area (Å²) in [5, 5.41) is 12.9. The number of carbonyl (C=O) groups excluding carboxylic acids is 1. The number of aliphatic hydroxyl groups excluding tert-OH is 1. The van der Waals surface area contributed by atoms with Crippen LogP contribution in [0.1, 0.15) is 10.8 Å². The average Bonchev–Trinajstić information content (AvgIpc) is 2.87. The Morgan fingerprint density at radius 2 is 1.80 bits per heavy atom. The number of methoxy groups -OCH3 is 1. The second-order valence-electron chi connectivity index (χ2n) is 7.68. The molecule has 0 saturated carbocycles.